The number of nitrogens with zero attached hydrogens (tertiary/aromatic N) is 4. The van der Waals surface area contributed by atoms with Crippen LogP contribution in [0, 0.1) is 19.7 Å². The van der Waals surface area contributed by atoms with Gasteiger partial charge in [-0.25, -0.2) is 14.4 Å². The minimum Gasteiger partial charge on any atom is -0.398 e. The number of para-hydroxylation sites is 2. The summed E-state index contributed by atoms with van der Waals surface area (Å²) < 4.78 is 17.3. The summed E-state index contributed by atoms with van der Waals surface area (Å²) >= 11 is 1.66. The first-order chi connectivity index (χ1) is 24.7. The van der Waals surface area contributed by atoms with Crippen molar-refractivity contribution in [3.8, 4) is 22.5 Å². The highest BCUT2D eigenvalue weighted by molar-refractivity contribution is 7.09. The average Bonchev–Trinajstić information content (AvgIpc) is 3.66. The molecule has 0 saturated carbocycles. The summed E-state index contributed by atoms with van der Waals surface area (Å²) in [4.78, 5) is 36.7. The van der Waals surface area contributed by atoms with Crippen molar-refractivity contribution in [3.63, 3.8) is 0 Å². The molecular formula is C43H38FN5O2S. The lowest BCUT2D eigenvalue weighted by atomic mass is 10.1. The van der Waals surface area contributed by atoms with Gasteiger partial charge in [0.25, 0.3) is 11.1 Å². The molecule has 0 aliphatic carbocycles. The van der Waals surface area contributed by atoms with Crippen molar-refractivity contribution in [2.24, 2.45) is 0 Å². The highest BCUT2D eigenvalue weighted by Crippen LogP contribution is 2.26. The molecule has 0 fully saturated rings. The number of nitrogens with two attached hydrogens (primary N) is 1. The molecule has 0 unspecified atom stereocenters. The number of aromatic nitrogens is 4. The Bertz CT molecular complexity index is 2630. The Hall–Kier alpha value is -6.19. The van der Waals surface area contributed by atoms with E-state index in [-0.39, 0.29) is 24.2 Å². The summed E-state index contributed by atoms with van der Waals surface area (Å²) in [6, 6.07) is 39.2. The van der Waals surface area contributed by atoms with Crippen LogP contribution in [0.25, 0.3) is 44.6 Å². The van der Waals surface area contributed by atoms with Gasteiger partial charge in [-0.05, 0) is 73.3 Å². The van der Waals surface area contributed by atoms with Crippen LogP contribution in [0.5, 0.6) is 0 Å². The van der Waals surface area contributed by atoms with Crippen LogP contribution < -0.4 is 16.9 Å². The Morgan fingerprint density at radius 2 is 1.35 bits per heavy atom. The maximum atomic E-state index is 13.8. The van der Waals surface area contributed by atoms with Crippen LogP contribution >= 0.6 is 11.3 Å². The summed E-state index contributed by atoms with van der Waals surface area (Å²) in [5.74, 6) is -0.400. The van der Waals surface area contributed by atoms with E-state index in [4.69, 9.17) is 5.73 Å². The van der Waals surface area contributed by atoms with Crippen molar-refractivity contribution in [2.45, 2.75) is 34.4 Å². The van der Waals surface area contributed by atoms with E-state index in [0.29, 0.717) is 41.1 Å². The van der Waals surface area contributed by atoms with Crippen LogP contribution in [0.4, 0.5) is 10.1 Å². The molecule has 3 heterocycles. The number of rotatable bonds is 6. The molecule has 52 heavy (non-hydrogen) atoms. The summed E-state index contributed by atoms with van der Waals surface area (Å²) in [5, 5.41) is 2.03. The third-order valence-electron chi connectivity index (χ3n) is 8.59. The van der Waals surface area contributed by atoms with E-state index in [2.05, 4.69) is 16.0 Å². The van der Waals surface area contributed by atoms with E-state index in [1.54, 1.807) is 28.0 Å². The van der Waals surface area contributed by atoms with Gasteiger partial charge in [-0.1, -0.05) is 91.3 Å². The number of hydrogen-bond acceptors (Lipinski definition) is 6. The quantitative estimate of drug-likeness (QED) is 0.174. The maximum Gasteiger partial charge on any atom is 0.277 e. The zero-order valence-corrected chi connectivity index (χ0v) is 28.9. The van der Waals surface area contributed by atoms with E-state index in [1.807, 2.05) is 121 Å². The largest absolute Gasteiger partial charge is 0.398 e. The van der Waals surface area contributed by atoms with Gasteiger partial charge in [0.05, 0.1) is 35.2 Å². The van der Waals surface area contributed by atoms with Crippen molar-refractivity contribution in [3.05, 3.63) is 181 Å². The molecule has 0 amide bonds. The minimum atomic E-state index is -0.400. The number of hydrogen-bond donors (Lipinski definition) is 1. The third kappa shape index (κ3) is 7.45. The number of nitrogen functional groups attached to an aromatic ring is 1. The molecule has 0 bridgehead atoms. The second kappa shape index (κ2) is 15.4. The molecule has 260 valence electrons. The van der Waals surface area contributed by atoms with Gasteiger partial charge in [-0.3, -0.25) is 14.2 Å². The highest BCUT2D eigenvalue weighted by atomic mass is 32.1. The topological polar surface area (TPSA) is 95.8 Å². The lowest BCUT2D eigenvalue weighted by molar-refractivity contribution is 0.628. The standard InChI is InChI=1S/C22H18FN3O.C20H16N2OS.CH4/c1-14-7-9-18(24)17(11-14)21-22(27)26(13-15-5-3-2-4-6-15)20-10-8-16(23)12-19(20)25-21;1-14-6-4-7-15(12-14)19-20(23)22(13-16-8-5-11-24-16)18-10-3-2-9-17(18)21-19;/h2-12H,13,24H2,1H3;2-12H,13H2,1H3;1H4. The molecule has 0 radical (unpaired) electrons. The molecular weight excluding hydrogens is 670 g/mol. The van der Waals surface area contributed by atoms with Gasteiger partial charge in [0.15, 0.2) is 0 Å². The summed E-state index contributed by atoms with van der Waals surface area (Å²) in [5.41, 5.74) is 14.2. The minimum absolute atomic E-state index is 0. The Balaban J connectivity index is 0.000000176. The van der Waals surface area contributed by atoms with E-state index >= 15 is 0 Å². The summed E-state index contributed by atoms with van der Waals surface area (Å²) in [7, 11) is 0. The van der Waals surface area contributed by atoms with Gasteiger partial charge >= 0.3 is 0 Å². The van der Waals surface area contributed by atoms with Crippen LogP contribution in [-0.4, -0.2) is 19.1 Å². The SMILES string of the molecule is C.Cc1ccc(N)c(-c2nc3cc(F)ccc3n(Cc3ccccc3)c2=O)c1.Cc1cccc(-c2nc3ccccc3n(Cc3cccs3)c2=O)c1. The maximum absolute atomic E-state index is 13.8. The molecule has 5 aromatic carbocycles. The van der Waals surface area contributed by atoms with Gasteiger partial charge in [-0.15, -0.1) is 11.3 Å². The molecule has 3 aromatic heterocycles. The fourth-order valence-electron chi connectivity index (χ4n) is 6.08. The Labute approximate surface area is 305 Å². The van der Waals surface area contributed by atoms with Gasteiger partial charge in [0.2, 0.25) is 0 Å². The van der Waals surface area contributed by atoms with Crippen molar-refractivity contribution in [1.29, 1.82) is 0 Å². The predicted octanol–water partition coefficient (Wildman–Crippen LogP) is 9.26. The Morgan fingerprint density at radius 1 is 0.654 bits per heavy atom. The molecule has 8 rings (SSSR count). The molecule has 0 aliphatic heterocycles. The molecule has 7 nitrogen and oxygen atoms in total. The van der Waals surface area contributed by atoms with Crippen molar-refractivity contribution < 1.29 is 4.39 Å². The van der Waals surface area contributed by atoms with Crippen molar-refractivity contribution in [2.75, 3.05) is 5.73 Å². The van der Waals surface area contributed by atoms with Gasteiger partial charge < -0.3 is 10.3 Å². The lowest BCUT2D eigenvalue weighted by Crippen LogP contribution is -2.24. The third-order valence-corrected chi connectivity index (χ3v) is 9.45. The van der Waals surface area contributed by atoms with Crippen LogP contribution in [0.3, 0.4) is 0 Å². The zero-order chi connectivity index (χ0) is 35.5. The van der Waals surface area contributed by atoms with E-state index in [0.717, 1.165) is 38.2 Å². The number of anilines is 1. The monoisotopic (exact) mass is 707 g/mol. The molecule has 0 aliphatic rings. The zero-order valence-electron chi connectivity index (χ0n) is 28.1. The fourth-order valence-corrected chi connectivity index (χ4v) is 6.77. The summed E-state index contributed by atoms with van der Waals surface area (Å²) in [6.45, 7) is 4.88. The number of thiophene rings is 1. The van der Waals surface area contributed by atoms with E-state index in [1.165, 1.54) is 12.1 Å². The van der Waals surface area contributed by atoms with Crippen LogP contribution in [0.15, 0.2) is 142 Å². The first-order valence-electron chi connectivity index (χ1n) is 16.4. The fraction of sp³-hybridized carbons (Fsp3) is 0.116. The molecule has 0 atom stereocenters. The second-order valence-electron chi connectivity index (χ2n) is 12.4. The number of fused-ring (bicyclic) bond motifs is 2. The number of benzene rings is 5. The molecule has 9 heteroatoms. The normalized spacial score (nSPS) is 10.8. The lowest BCUT2D eigenvalue weighted by Gasteiger charge is -2.14. The Morgan fingerprint density at radius 3 is 2.12 bits per heavy atom. The van der Waals surface area contributed by atoms with Gasteiger partial charge in [0.1, 0.15) is 17.2 Å². The van der Waals surface area contributed by atoms with E-state index < -0.39 is 5.82 Å². The van der Waals surface area contributed by atoms with Crippen molar-refractivity contribution >= 4 is 39.1 Å². The van der Waals surface area contributed by atoms with Crippen LogP contribution in [0.2, 0.25) is 0 Å². The van der Waals surface area contributed by atoms with Crippen LogP contribution in [0.1, 0.15) is 29.0 Å². The second-order valence-corrected chi connectivity index (χ2v) is 13.4. The Kier molecular flexibility index (Phi) is 10.5. The molecule has 0 spiro atoms. The number of aryl methyl sites for hydroxylation is 2. The van der Waals surface area contributed by atoms with Crippen molar-refractivity contribution in [1.82, 2.24) is 19.1 Å². The number of halogens is 1. The summed E-state index contributed by atoms with van der Waals surface area (Å²) in [6.07, 6.45) is 0. The molecule has 0 saturated heterocycles. The van der Waals surface area contributed by atoms with Crippen LogP contribution in [-0.2, 0) is 13.1 Å². The predicted molar refractivity (Wildman–Crippen MR) is 212 cm³/mol. The highest BCUT2D eigenvalue weighted by Gasteiger charge is 2.17. The van der Waals surface area contributed by atoms with E-state index in [9.17, 15) is 14.0 Å². The van der Waals surface area contributed by atoms with Gasteiger partial charge in [0, 0.05) is 27.8 Å². The van der Waals surface area contributed by atoms with Gasteiger partial charge in [-0.2, -0.15) is 0 Å². The average molecular weight is 708 g/mol. The molecule has 2 N–H and O–H groups in total. The first-order valence-corrected chi connectivity index (χ1v) is 17.3. The molecule has 8 aromatic rings. The smallest absolute Gasteiger partial charge is 0.277 e. The first kappa shape index (κ1) is 35.6.